The Balaban J connectivity index is 1.91. The molecule has 0 aliphatic carbocycles. The molecule has 4 heteroatoms. The fourth-order valence-corrected chi connectivity index (χ4v) is 3.56. The first kappa shape index (κ1) is 14.9. The number of benzene rings is 1. The first-order chi connectivity index (χ1) is 10.2. The highest BCUT2D eigenvalue weighted by Crippen LogP contribution is 2.28. The number of likely N-dealkylation sites (tertiary alicyclic amines) is 1. The van der Waals surface area contributed by atoms with Gasteiger partial charge in [-0.1, -0.05) is 18.6 Å². The average Bonchev–Trinajstić information content (AvgIpc) is 2.88. The Labute approximate surface area is 131 Å². The fraction of sp³-hybridized carbons (Fsp3) is 0.588. The number of piperidine rings is 1. The molecular formula is C17H24ClN3. The van der Waals surface area contributed by atoms with Crippen LogP contribution in [0, 0.1) is 0 Å². The van der Waals surface area contributed by atoms with Crippen molar-refractivity contribution in [3.05, 3.63) is 30.1 Å². The monoisotopic (exact) mass is 305 g/mol. The van der Waals surface area contributed by atoms with E-state index in [2.05, 4.69) is 34.6 Å². The Hall–Kier alpha value is -1.06. The van der Waals surface area contributed by atoms with Gasteiger partial charge in [0.2, 0.25) is 0 Å². The SMILES string of the molecule is CC(Cl)c1nc2ccccc2n1C(C)CN1CCCCC1. The summed E-state index contributed by atoms with van der Waals surface area (Å²) in [4.78, 5) is 7.31. The number of hydrogen-bond donors (Lipinski definition) is 0. The zero-order chi connectivity index (χ0) is 14.8. The standard InChI is InChI=1S/C17H24ClN3/c1-13(12-20-10-6-3-7-11-20)21-16-9-5-4-8-15(16)19-17(21)14(2)18/h4-5,8-9,13-14H,3,6-7,10-12H2,1-2H3. The van der Waals surface area contributed by atoms with Crippen LogP contribution in [0.2, 0.25) is 0 Å². The summed E-state index contributed by atoms with van der Waals surface area (Å²) < 4.78 is 2.33. The lowest BCUT2D eigenvalue weighted by molar-refractivity contribution is 0.202. The van der Waals surface area contributed by atoms with Crippen molar-refractivity contribution >= 4 is 22.6 Å². The number of rotatable bonds is 4. The number of imidazole rings is 1. The van der Waals surface area contributed by atoms with Gasteiger partial charge in [0.05, 0.1) is 16.4 Å². The minimum Gasteiger partial charge on any atom is -0.323 e. The lowest BCUT2D eigenvalue weighted by atomic mass is 10.1. The number of aromatic nitrogens is 2. The van der Waals surface area contributed by atoms with Crippen LogP contribution in [0.4, 0.5) is 0 Å². The molecule has 1 aromatic carbocycles. The van der Waals surface area contributed by atoms with Crippen LogP contribution in [-0.2, 0) is 0 Å². The van der Waals surface area contributed by atoms with E-state index >= 15 is 0 Å². The lowest BCUT2D eigenvalue weighted by Gasteiger charge is -2.30. The number of halogens is 1. The van der Waals surface area contributed by atoms with E-state index in [4.69, 9.17) is 16.6 Å². The molecule has 1 aliphatic rings. The van der Waals surface area contributed by atoms with Gasteiger partial charge < -0.3 is 9.47 Å². The fourth-order valence-electron chi connectivity index (χ4n) is 3.40. The predicted octanol–water partition coefficient (Wildman–Crippen LogP) is 4.38. The molecule has 0 N–H and O–H groups in total. The number of para-hydroxylation sites is 2. The Kier molecular flexibility index (Phi) is 4.51. The van der Waals surface area contributed by atoms with Gasteiger partial charge in [0.15, 0.2) is 0 Å². The van der Waals surface area contributed by atoms with E-state index in [1.54, 1.807) is 0 Å². The Morgan fingerprint density at radius 3 is 2.57 bits per heavy atom. The molecule has 3 nitrogen and oxygen atoms in total. The summed E-state index contributed by atoms with van der Waals surface area (Å²) in [7, 11) is 0. The van der Waals surface area contributed by atoms with E-state index < -0.39 is 0 Å². The number of fused-ring (bicyclic) bond motifs is 1. The van der Waals surface area contributed by atoms with E-state index in [0.717, 1.165) is 17.9 Å². The van der Waals surface area contributed by atoms with Crippen molar-refractivity contribution in [2.75, 3.05) is 19.6 Å². The van der Waals surface area contributed by atoms with Gasteiger partial charge in [-0.25, -0.2) is 4.98 Å². The van der Waals surface area contributed by atoms with Crippen molar-refractivity contribution in [1.82, 2.24) is 14.5 Å². The van der Waals surface area contributed by atoms with Gasteiger partial charge in [-0.15, -0.1) is 11.6 Å². The topological polar surface area (TPSA) is 21.1 Å². The molecule has 2 unspecified atom stereocenters. The molecule has 2 atom stereocenters. The highest BCUT2D eigenvalue weighted by molar-refractivity contribution is 6.20. The maximum Gasteiger partial charge on any atom is 0.128 e. The maximum absolute atomic E-state index is 6.37. The number of hydrogen-bond acceptors (Lipinski definition) is 2. The van der Waals surface area contributed by atoms with Crippen LogP contribution in [0.25, 0.3) is 11.0 Å². The van der Waals surface area contributed by atoms with E-state index in [0.29, 0.717) is 6.04 Å². The zero-order valence-corrected chi connectivity index (χ0v) is 13.7. The number of nitrogens with zero attached hydrogens (tertiary/aromatic N) is 3. The third kappa shape index (κ3) is 3.09. The first-order valence-electron chi connectivity index (χ1n) is 8.00. The molecule has 0 saturated carbocycles. The third-order valence-electron chi connectivity index (χ3n) is 4.39. The summed E-state index contributed by atoms with van der Waals surface area (Å²) in [6, 6.07) is 8.74. The van der Waals surface area contributed by atoms with Gasteiger partial charge in [-0.05, 0) is 51.9 Å². The lowest BCUT2D eigenvalue weighted by Crippen LogP contribution is -2.34. The van der Waals surface area contributed by atoms with Crippen LogP contribution in [-0.4, -0.2) is 34.1 Å². The van der Waals surface area contributed by atoms with E-state index in [-0.39, 0.29) is 5.38 Å². The van der Waals surface area contributed by atoms with Crippen molar-refractivity contribution in [3.63, 3.8) is 0 Å². The minimum atomic E-state index is -0.0683. The van der Waals surface area contributed by atoms with Gasteiger partial charge >= 0.3 is 0 Å². The van der Waals surface area contributed by atoms with Crippen molar-refractivity contribution in [2.45, 2.75) is 44.5 Å². The van der Waals surface area contributed by atoms with Crippen LogP contribution in [0.1, 0.15) is 50.4 Å². The highest BCUT2D eigenvalue weighted by Gasteiger charge is 2.21. The molecule has 3 rings (SSSR count). The van der Waals surface area contributed by atoms with Crippen LogP contribution < -0.4 is 0 Å². The molecule has 21 heavy (non-hydrogen) atoms. The predicted molar refractivity (Wildman–Crippen MR) is 89.0 cm³/mol. The van der Waals surface area contributed by atoms with Gasteiger partial charge in [0, 0.05) is 12.6 Å². The van der Waals surface area contributed by atoms with E-state index in [1.165, 1.54) is 37.9 Å². The summed E-state index contributed by atoms with van der Waals surface area (Å²) in [5, 5.41) is -0.0683. The minimum absolute atomic E-state index is 0.0683. The molecule has 2 heterocycles. The van der Waals surface area contributed by atoms with Crippen LogP contribution in [0.3, 0.4) is 0 Å². The molecule has 1 saturated heterocycles. The largest absolute Gasteiger partial charge is 0.323 e. The second-order valence-corrected chi connectivity index (χ2v) is 6.81. The normalized spacial score (nSPS) is 19.8. The summed E-state index contributed by atoms with van der Waals surface area (Å²) in [6.45, 7) is 7.82. The van der Waals surface area contributed by atoms with Crippen molar-refractivity contribution < 1.29 is 0 Å². The van der Waals surface area contributed by atoms with Crippen molar-refractivity contribution in [1.29, 1.82) is 0 Å². The number of alkyl halides is 1. The van der Waals surface area contributed by atoms with E-state index in [9.17, 15) is 0 Å². The molecule has 0 radical (unpaired) electrons. The summed E-state index contributed by atoms with van der Waals surface area (Å²) in [6.07, 6.45) is 4.04. The maximum atomic E-state index is 6.37. The first-order valence-corrected chi connectivity index (χ1v) is 8.43. The van der Waals surface area contributed by atoms with Crippen LogP contribution in [0.15, 0.2) is 24.3 Å². The average molecular weight is 306 g/mol. The highest BCUT2D eigenvalue weighted by atomic mass is 35.5. The van der Waals surface area contributed by atoms with Gasteiger partial charge in [-0.3, -0.25) is 0 Å². The molecule has 1 aliphatic heterocycles. The Morgan fingerprint density at radius 1 is 1.14 bits per heavy atom. The van der Waals surface area contributed by atoms with E-state index in [1.807, 2.05) is 13.0 Å². The van der Waals surface area contributed by atoms with Crippen molar-refractivity contribution in [2.24, 2.45) is 0 Å². The molecular weight excluding hydrogens is 282 g/mol. The summed E-state index contributed by atoms with van der Waals surface area (Å²) in [5.74, 6) is 0.988. The van der Waals surface area contributed by atoms with Gasteiger partial charge in [0.25, 0.3) is 0 Å². The van der Waals surface area contributed by atoms with Crippen LogP contribution in [0.5, 0.6) is 0 Å². The molecule has 2 aromatic rings. The second-order valence-electron chi connectivity index (χ2n) is 6.16. The molecule has 114 valence electrons. The molecule has 0 spiro atoms. The molecule has 1 aromatic heterocycles. The van der Waals surface area contributed by atoms with Gasteiger partial charge in [-0.2, -0.15) is 0 Å². The van der Waals surface area contributed by atoms with Gasteiger partial charge in [0.1, 0.15) is 5.82 Å². The van der Waals surface area contributed by atoms with Crippen LogP contribution >= 0.6 is 11.6 Å². The smallest absolute Gasteiger partial charge is 0.128 e. The summed E-state index contributed by atoms with van der Waals surface area (Å²) in [5.41, 5.74) is 2.25. The molecule has 0 bridgehead atoms. The van der Waals surface area contributed by atoms with Crippen molar-refractivity contribution in [3.8, 4) is 0 Å². The molecule has 0 amide bonds. The third-order valence-corrected chi connectivity index (χ3v) is 4.59. The Bertz CT molecular complexity index is 599. The quantitative estimate of drug-likeness (QED) is 0.781. The second kappa shape index (κ2) is 6.37. The summed E-state index contributed by atoms with van der Waals surface area (Å²) >= 11 is 6.37. The Morgan fingerprint density at radius 2 is 1.86 bits per heavy atom. The molecule has 1 fully saturated rings. The zero-order valence-electron chi connectivity index (χ0n) is 12.9.